The van der Waals surface area contributed by atoms with Gasteiger partial charge >= 0.3 is 0 Å². The third-order valence-corrected chi connectivity index (χ3v) is 5.89. The minimum absolute atomic E-state index is 0.697. The van der Waals surface area contributed by atoms with Crippen LogP contribution in [0.4, 0.5) is 0 Å². The molecule has 2 fully saturated rings. The van der Waals surface area contributed by atoms with Crippen LogP contribution < -0.4 is 5.32 Å². The molecule has 1 N–H and O–H groups in total. The Hall–Kier alpha value is 0.270. The zero-order valence-corrected chi connectivity index (χ0v) is 13.1. The lowest BCUT2D eigenvalue weighted by molar-refractivity contribution is 0.173. The number of thioether (sulfide) groups is 1. The standard InChI is InChI=1S/C15H30N2S/c1-4-18-15-8-7-14(10-15)16-12(2)13-6-5-9-17(3)11-13/h12-16H,4-11H2,1-3H3. The molecule has 2 rings (SSSR count). The van der Waals surface area contributed by atoms with Crippen LogP contribution >= 0.6 is 11.8 Å². The molecular formula is C15H30N2S. The summed E-state index contributed by atoms with van der Waals surface area (Å²) in [5, 5.41) is 4.84. The van der Waals surface area contributed by atoms with Crippen molar-refractivity contribution < 1.29 is 0 Å². The van der Waals surface area contributed by atoms with Crippen molar-refractivity contribution in [2.45, 2.75) is 63.3 Å². The Morgan fingerprint density at radius 3 is 2.89 bits per heavy atom. The lowest BCUT2D eigenvalue weighted by Crippen LogP contribution is -2.46. The van der Waals surface area contributed by atoms with Crippen LogP contribution in [0.25, 0.3) is 0 Å². The predicted molar refractivity (Wildman–Crippen MR) is 82.4 cm³/mol. The topological polar surface area (TPSA) is 15.3 Å². The fourth-order valence-corrected chi connectivity index (χ4v) is 4.74. The number of hydrogen-bond donors (Lipinski definition) is 1. The van der Waals surface area contributed by atoms with Crippen molar-refractivity contribution >= 4 is 11.8 Å². The first-order chi connectivity index (χ1) is 8.69. The molecule has 0 spiro atoms. The van der Waals surface area contributed by atoms with E-state index in [4.69, 9.17) is 0 Å². The van der Waals surface area contributed by atoms with Gasteiger partial charge in [0, 0.05) is 23.9 Å². The largest absolute Gasteiger partial charge is 0.311 e. The Bertz CT molecular complexity index is 247. The maximum absolute atomic E-state index is 3.92. The second kappa shape index (κ2) is 7.16. The van der Waals surface area contributed by atoms with Gasteiger partial charge in [-0.2, -0.15) is 11.8 Å². The van der Waals surface area contributed by atoms with E-state index in [-0.39, 0.29) is 0 Å². The molecule has 4 atom stereocenters. The molecular weight excluding hydrogens is 240 g/mol. The Kier molecular flexibility index (Phi) is 5.84. The van der Waals surface area contributed by atoms with Crippen LogP contribution in [0.3, 0.4) is 0 Å². The van der Waals surface area contributed by atoms with Gasteiger partial charge in [-0.15, -0.1) is 0 Å². The molecule has 0 aromatic rings. The highest BCUT2D eigenvalue weighted by atomic mass is 32.2. The molecule has 4 unspecified atom stereocenters. The van der Waals surface area contributed by atoms with Crippen molar-refractivity contribution in [1.29, 1.82) is 0 Å². The van der Waals surface area contributed by atoms with Crippen molar-refractivity contribution in [2.75, 3.05) is 25.9 Å². The van der Waals surface area contributed by atoms with Gasteiger partial charge in [0.15, 0.2) is 0 Å². The monoisotopic (exact) mass is 270 g/mol. The van der Waals surface area contributed by atoms with Crippen molar-refractivity contribution in [1.82, 2.24) is 10.2 Å². The predicted octanol–water partition coefficient (Wildman–Crippen LogP) is 2.98. The minimum atomic E-state index is 0.697. The molecule has 2 nitrogen and oxygen atoms in total. The van der Waals surface area contributed by atoms with Crippen molar-refractivity contribution in [3.63, 3.8) is 0 Å². The van der Waals surface area contributed by atoms with E-state index < -0.39 is 0 Å². The summed E-state index contributed by atoms with van der Waals surface area (Å²) in [4.78, 5) is 2.50. The van der Waals surface area contributed by atoms with Crippen LogP contribution in [0, 0.1) is 5.92 Å². The molecule has 0 amide bonds. The van der Waals surface area contributed by atoms with Crippen LogP contribution in [-0.4, -0.2) is 48.1 Å². The Balaban J connectivity index is 1.72. The second-order valence-electron chi connectivity index (χ2n) is 6.21. The van der Waals surface area contributed by atoms with Crippen molar-refractivity contribution in [2.24, 2.45) is 5.92 Å². The summed E-state index contributed by atoms with van der Waals surface area (Å²) in [6.45, 7) is 7.27. The molecule has 1 saturated heterocycles. The second-order valence-corrected chi connectivity index (χ2v) is 7.78. The van der Waals surface area contributed by atoms with Gasteiger partial charge in [0.2, 0.25) is 0 Å². The van der Waals surface area contributed by atoms with E-state index in [0.717, 1.165) is 17.2 Å². The first-order valence-electron chi connectivity index (χ1n) is 7.75. The van der Waals surface area contributed by atoms with Gasteiger partial charge in [0.1, 0.15) is 0 Å². The van der Waals surface area contributed by atoms with Crippen molar-refractivity contribution in [3.05, 3.63) is 0 Å². The van der Waals surface area contributed by atoms with E-state index in [1.807, 2.05) is 0 Å². The maximum atomic E-state index is 3.92. The normalized spacial score (nSPS) is 35.8. The van der Waals surface area contributed by atoms with E-state index in [1.165, 1.54) is 50.9 Å². The van der Waals surface area contributed by atoms with Gasteiger partial charge < -0.3 is 10.2 Å². The van der Waals surface area contributed by atoms with Gasteiger partial charge in [-0.3, -0.25) is 0 Å². The molecule has 3 heteroatoms. The summed E-state index contributed by atoms with van der Waals surface area (Å²) in [5.74, 6) is 2.14. The average Bonchev–Trinajstić information content (AvgIpc) is 2.77. The smallest absolute Gasteiger partial charge is 0.00818 e. The van der Waals surface area contributed by atoms with Gasteiger partial charge in [-0.05, 0) is 64.3 Å². The molecule has 106 valence electrons. The Labute approximate surface area is 117 Å². The zero-order valence-electron chi connectivity index (χ0n) is 12.3. The fourth-order valence-electron chi connectivity index (χ4n) is 3.60. The molecule has 1 saturated carbocycles. The van der Waals surface area contributed by atoms with Gasteiger partial charge in [-0.25, -0.2) is 0 Å². The van der Waals surface area contributed by atoms with E-state index in [2.05, 4.69) is 42.9 Å². The molecule has 1 aliphatic carbocycles. The number of nitrogens with zero attached hydrogens (tertiary/aromatic N) is 1. The molecule has 1 aliphatic heterocycles. The van der Waals surface area contributed by atoms with Gasteiger partial charge in [0.05, 0.1) is 0 Å². The van der Waals surface area contributed by atoms with E-state index in [1.54, 1.807) is 0 Å². The van der Waals surface area contributed by atoms with E-state index in [0.29, 0.717) is 6.04 Å². The minimum Gasteiger partial charge on any atom is -0.311 e. The van der Waals surface area contributed by atoms with Crippen LogP contribution in [0.1, 0.15) is 46.0 Å². The van der Waals surface area contributed by atoms with Crippen LogP contribution in [0.2, 0.25) is 0 Å². The summed E-state index contributed by atoms with van der Waals surface area (Å²) in [5.41, 5.74) is 0. The average molecular weight is 270 g/mol. The zero-order chi connectivity index (χ0) is 13.0. The van der Waals surface area contributed by atoms with Crippen LogP contribution in [0.15, 0.2) is 0 Å². The summed E-state index contributed by atoms with van der Waals surface area (Å²) in [6.07, 6.45) is 7.01. The van der Waals surface area contributed by atoms with Crippen LogP contribution in [0.5, 0.6) is 0 Å². The Morgan fingerprint density at radius 2 is 2.17 bits per heavy atom. The summed E-state index contributed by atoms with van der Waals surface area (Å²) in [6, 6.07) is 1.49. The van der Waals surface area contributed by atoms with E-state index >= 15 is 0 Å². The molecule has 0 bridgehead atoms. The highest BCUT2D eigenvalue weighted by Crippen LogP contribution is 2.30. The number of likely N-dealkylation sites (tertiary alicyclic amines) is 1. The molecule has 0 aromatic carbocycles. The molecule has 18 heavy (non-hydrogen) atoms. The molecule has 2 aliphatic rings. The highest BCUT2D eigenvalue weighted by Gasteiger charge is 2.28. The quantitative estimate of drug-likeness (QED) is 0.827. The highest BCUT2D eigenvalue weighted by molar-refractivity contribution is 7.99. The lowest BCUT2D eigenvalue weighted by Gasteiger charge is -2.35. The molecule has 0 radical (unpaired) electrons. The summed E-state index contributed by atoms with van der Waals surface area (Å²) in [7, 11) is 2.27. The lowest BCUT2D eigenvalue weighted by atomic mass is 9.91. The third-order valence-electron chi connectivity index (χ3n) is 4.65. The Morgan fingerprint density at radius 1 is 1.33 bits per heavy atom. The summed E-state index contributed by atoms with van der Waals surface area (Å²) < 4.78 is 0. The third kappa shape index (κ3) is 4.14. The van der Waals surface area contributed by atoms with Gasteiger partial charge in [-0.1, -0.05) is 6.92 Å². The van der Waals surface area contributed by atoms with Crippen LogP contribution in [-0.2, 0) is 0 Å². The molecule has 0 aromatic heterocycles. The number of hydrogen-bond acceptors (Lipinski definition) is 3. The van der Waals surface area contributed by atoms with Crippen molar-refractivity contribution in [3.8, 4) is 0 Å². The van der Waals surface area contributed by atoms with Gasteiger partial charge in [0.25, 0.3) is 0 Å². The first-order valence-corrected chi connectivity index (χ1v) is 8.80. The number of nitrogens with one attached hydrogen (secondary N) is 1. The van der Waals surface area contributed by atoms with E-state index in [9.17, 15) is 0 Å². The molecule has 1 heterocycles. The SMILES string of the molecule is CCSC1CCC(NC(C)C2CCCN(C)C2)C1. The first kappa shape index (κ1) is 14.7. The maximum Gasteiger partial charge on any atom is 0.00818 e. The summed E-state index contributed by atoms with van der Waals surface area (Å²) >= 11 is 2.16. The fraction of sp³-hybridized carbons (Fsp3) is 1.00. The number of piperidine rings is 1. The number of rotatable bonds is 5.